The molecule has 13 atom stereocenters. The number of rotatable bonds is 5. The maximum absolute atomic E-state index is 10.4. The van der Waals surface area contributed by atoms with Crippen molar-refractivity contribution in [3.8, 4) is 0 Å². The fourth-order valence-electron chi connectivity index (χ4n) is 7.58. The fourth-order valence-corrected chi connectivity index (χ4v) is 7.58. The van der Waals surface area contributed by atoms with Gasteiger partial charge >= 0.3 is 0 Å². The maximum atomic E-state index is 10.4. The Kier molecular flexibility index (Phi) is 7.56. The van der Waals surface area contributed by atoms with Crippen LogP contribution in [-0.4, -0.2) is 86.8 Å². The molecule has 0 aromatic heterocycles. The van der Waals surface area contributed by atoms with E-state index >= 15 is 0 Å². The molecule has 1 heterocycles. The highest BCUT2D eigenvalue weighted by molar-refractivity contribution is 5.26. The van der Waals surface area contributed by atoms with Crippen LogP contribution in [-0.2, 0) is 9.47 Å². The van der Waals surface area contributed by atoms with Gasteiger partial charge in [-0.1, -0.05) is 39.3 Å². The minimum Gasteiger partial charge on any atom is -0.394 e. The number of aliphatic hydroxyl groups excluding tert-OH is 6. The Hall–Kier alpha value is -0.580. The fraction of sp³-hybridized carbons (Fsp3) is 0.923. The lowest BCUT2D eigenvalue weighted by molar-refractivity contribution is -0.320. The van der Waals surface area contributed by atoms with E-state index in [9.17, 15) is 30.6 Å². The second kappa shape index (κ2) is 9.71. The van der Waals surface area contributed by atoms with Gasteiger partial charge in [0.05, 0.1) is 25.4 Å². The van der Waals surface area contributed by atoms with Crippen molar-refractivity contribution < 1.29 is 40.1 Å². The molecule has 0 radical (unpaired) electrons. The average molecular weight is 485 g/mol. The van der Waals surface area contributed by atoms with Gasteiger partial charge in [0, 0.05) is 5.41 Å². The smallest absolute Gasteiger partial charge is 0.186 e. The van der Waals surface area contributed by atoms with Crippen molar-refractivity contribution in [1.82, 2.24) is 0 Å². The van der Waals surface area contributed by atoms with Crippen molar-refractivity contribution in [3.05, 3.63) is 11.6 Å². The summed E-state index contributed by atoms with van der Waals surface area (Å²) in [5.74, 6) is 1.39. The average Bonchev–Trinajstić information content (AvgIpc) is 2.82. The lowest BCUT2D eigenvalue weighted by Gasteiger charge is -2.60. The third-order valence-electron chi connectivity index (χ3n) is 9.97. The lowest BCUT2D eigenvalue weighted by Crippen LogP contribution is -2.61. The van der Waals surface area contributed by atoms with E-state index in [0.29, 0.717) is 17.8 Å². The van der Waals surface area contributed by atoms with Crippen LogP contribution >= 0.6 is 0 Å². The summed E-state index contributed by atoms with van der Waals surface area (Å²) in [7, 11) is 0. The third kappa shape index (κ3) is 4.28. The molecular weight excluding hydrogens is 440 g/mol. The molecule has 34 heavy (non-hydrogen) atoms. The van der Waals surface area contributed by atoms with Gasteiger partial charge in [0.25, 0.3) is 0 Å². The summed E-state index contributed by atoms with van der Waals surface area (Å²) in [5.41, 5.74) is 1.12. The largest absolute Gasteiger partial charge is 0.394 e. The van der Waals surface area contributed by atoms with Crippen molar-refractivity contribution in [2.75, 3.05) is 13.2 Å². The number of hydrogen-bond acceptors (Lipinski definition) is 8. The molecule has 1 saturated heterocycles. The molecule has 0 spiro atoms. The van der Waals surface area contributed by atoms with E-state index in [2.05, 4.69) is 26.8 Å². The molecule has 4 aliphatic rings. The second-order valence-corrected chi connectivity index (χ2v) is 12.0. The molecule has 0 bridgehead atoms. The SMILES string of the molecule is CC1C[C@H]2C(C)C(OC3O[C@H](CO)[C@@H](O)[C@H](O)[C@H]3O)CC[C@]2(C)[C@@H]2CC[C@](C)([C@@H](O)CO)C=C12. The van der Waals surface area contributed by atoms with Gasteiger partial charge < -0.3 is 40.1 Å². The van der Waals surface area contributed by atoms with E-state index in [1.54, 1.807) is 0 Å². The Balaban J connectivity index is 1.52. The van der Waals surface area contributed by atoms with Crippen LogP contribution in [0.4, 0.5) is 0 Å². The monoisotopic (exact) mass is 484 g/mol. The van der Waals surface area contributed by atoms with Crippen LogP contribution in [0, 0.1) is 34.5 Å². The van der Waals surface area contributed by atoms with E-state index in [1.165, 1.54) is 5.57 Å². The van der Waals surface area contributed by atoms with Gasteiger partial charge in [-0.2, -0.15) is 0 Å². The Labute approximate surface area is 202 Å². The standard InChI is InChI=1S/C26H44O8/c1-13-9-17-14(2)18(33-24-23(32)22(31)21(30)19(11-27)34-24)6-8-26(17,4)16-5-7-25(3,10-15(13)16)20(29)12-28/h10,13-14,16-24,27-32H,5-9,11-12H2,1-4H3/t13?,14?,16-,17+,18?,19-,20+,21-,22+,23-,24?,25+,26-/m1/s1. The minimum absolute atomic E-state index is 0.0957. The summed E-state index contributed by atoms with van der Waals surface area (Å²) in [5, 5.41) is 60.2. The quantitative estimate of drug-likeness (QED) is 0.251. The van der Waals surface area contributed by atoms with Gasteiger partial charge in [-0.3, -0.25) is 0 Å². The van der Waals surface area contributed by atoms with Crippen molar-refractivity contribution >= 4 is 0 Å². The molecular formula is C26H44O8. The van der Waals surface area contributed by atoms with Gasteiger partial charge in [0.1, 0.15) is 24.4 Å². The first-order valence-corrected chi connectivity index (χ1v) is 12.9. The molecule has 2 saturated carbocycles. The molecule has 0 amide bonds. The Morgan fingerprint density at radius 1 is 1.06 bits per heavy atom. The van der Waals surface area contributed by atoms with Gasteiger partial charge in [0.2, 0.25) is 0 Å². The first kappa shape index (κ1) is 26.5. The zero-order valence-corrected chi connectivity index (χ0v) is 20.9. The Morgan fingerprint density at radius 2 is 1.76 bits per heavy atom. The molecule has 6 N–H and O–H groups in total. The zero-order chi connectivity index (χ0) is 25.0. The molecule has 196 valence electrons. The zero-order valence-electron chi connectivity index (χ0n) is 20.9. The predicted molar refractivity (Wildman–Crippen MR) is 124 cm³/mol. The minimum atomic E-state index is -1.44. The van der Waals surface area contributed by atoms with Crippen LogP contribution in [0.3, 0.4) is 0 Å². The molecule has 0 aromatic rings. The number of allylic oxidation sites excluding steroid dienone is 1. The van der Waals surface area contributed by atoms with Crippen LogP contribution in [0.25, 0.3) is 0 Å². The summed E-state index contributed by atoms with van der Waals surface area (Å²) in [6.07, 6.45) is -0.357. The van der Waals surface area contributed by atoms with Crippen molar-refractivity contribution in [2.45, 2.75) is 103 Å². The molecule has 3 aliphatic carbocycles. The third-order valence-corrected chi connectivity index (χ3v) is 9.97. The molecule has 4 rings (SSSR count). The van der Waals surface area contributed by atoms with Gasteiger partial charge in [-0.25, -0.2) is 0 Å². The van der Waals surface area contributed by atoms with Gasteiger partial charge in [-0.05, 0) is 61.2 Å². The summed E-state index contributed by atoms with van der Waals surface area (Å²) in [6.45, 7) is 8.18. The number of fused-ring (bicyclic) bond motifs is 3. The number of aliphatic hydroxyl groups is 6. The summed E-state index contributed by atoms with van der Waals surface area (Å²) >= 11 is 0. The molecule has 4 unspecified atom stereocenters. The summed E-state index contributed by atoms with van der Waals surface area (Å²) < 4.78 is 11.8. The first-order valence-electron chi connectivity index (χ1n) is 12.9. The highest BCUT2D eigenvalue weighted by Crippen LogP contribution is 2.62. The van der Waals surface area contributed by atoms with Crippen LogP contribution in [0.1, 0.15) is 59.8 Å². The van der Waals surface area contributed by atoms with Crippen LogP contribution in [0.15, 0.2) is 11.6 Å². The predicted octanol–water partition coefficient (Wildman–Crippen LogP) is 0.960. The van der Waals surface area contributed by atoms with Crippen LogP contribution in [0.2, 0.25) is 0 Å². The molecule has 0 aromatic carbocycles. The normalized spacial score (nSPS) is 52.4. The molecule has 8 nitrogen and oxygen atoms in total. The van der Waals surface area contributed by atoms with E-state index in [-0.39, 0.29) is 24.0 Å². The number of ether oxygens (including phenoxy) is 2. The Bertz CT molecular complexity index is 757. The number of hydrogen-bond donors (Lipinski definition) is 6. The molecule has 1 aliphatic heterocycles. The van der Waals surface area contributed by atoms with E-state index in [1.807, 2.05) is 6.92 Å². The second-order valence-electron chi connectivity index (χ2n) is 12.0. The van der Waals surface area contributed by atoms with Gasteiger partial charge in [0.15, 0.2) is 6.29 Å². The Morgan fingerprint density at radius 3 is 2.41 bits per heavy atom. The van der Waals surface area contributed by atoms with E-state index in [0.717, 1.165) is 32.1 Å². The maximum Gasteiger partial charge on any atom is 0.186 e. The van der Waals surface area contributed by atoms with Crippen molar-refractivity contribution in [3.63, 3.8) is 0 Å². The topological polar surface area (TPSA) is 140 Å². The highest BCUT2D eigenvalue weighted by Gasteiger charge is 2.56. The van der Waals surface area contributed by atoms with Crippen molar-refractivity contribution in [1.29, 1.82) is 0 Å². The van der Waals surface area contributed by atoms with Crippen LogP contribution in [0.5, 0.6) is 0 Å². The molecule has 8 heteroatoms. The summed E-state index contributed by atoms with van der Waals surface area (Å²) in [4.78, 5) is 0. The highest BCUT2D eigenvalue weighted by atomic mass is 16.7. The first-order chi connectivity index (χ1) is 16.0. The van der Waals surface area contributed by atoms with Gasteiger partial charge in [-0.15, -0.1) is 0 Å². The van der Waals surface area contributed by atoms with E-state index in [4.69, 9.17) is 9.47 Å². The van der Waals surface area contributed by atoms with Crippen LogP contribution < -0.4 is 0 Å². The summed E-state index contributed by atoms with van der Waals surface area (Å²) in [6, 6.07) is 0. The van der Waals surface area contributed by atoms with Crippen molar-refractivity contribution in [2.24, 2.45) is 34.5 Å². The lowest BCUT2D eigenvalue weighted by atomic mass is 9.46. The molecule has 3 fully saturated rings. The van der Waals surface area contributed by atoms with E-state index < -0.39 is 48.8 Å².